The van der Waals surface area contributed by atoms with Crippen LogP contribution in [0.4, 0.5) is 0 Å². The smallest absolute Gasteiger partial charge is 0.162 e. The van der Waals surface area contributed by atoms with Crippen LogP contribution < -0.4 is 0 Å². The summed E-state index contributed by atoms with van der Waals surface area (Å²) >= 11 is 0. The Bertz CT molecular complexity index is 307. The van der Waals surface area contributed by atoms with Crippen molar-refractivity contribution in [1.29, 1.82) is 0 Å². The molecule has 1 aromatic rings. The highest BCUT2D eigenvalue weighted by Crippen LogP contribution is 2.49. The quantitative estimate of drug-likeness (QED) is 0.693. The summed E-state index contributed by atoms with van der Waals surface area (Å²) in [5.74, 6) is 0. The third-order valence-corrected chi connectivity index (χ3v) is 3.46. The van der Waals surface area contributed by atoms with E-state index in [0.717, 1.165) is 13.2 Å². The largest absolute Gasteiger partial charge is 0.376 e. The number of rotatable bonds is 2. The first kappa shape index (κ1) is 8.35. The Kier molecular flexibility index (Phi) is 1.80. The van der Waals surface area contributed by atoms with Crippen LogP contribution in [-0.4, -0.2) is 32.9 Å². The number of hydrogen-bond acceptors (Lipinski definition) is 4. The number of aromatic nitrogens is 4. The first-order valence-corrected chi connectivity index (χ1v) is 5.19. The molecule has 14 heavy (non-hydrogen) atoms. The normalized spacial score (nSPS) is 29.3. The molecule has 0 N–H and O–H groups in total. The highest BCUT2D eigenvalue weighted by atomic mass is 16.5. The summed E-state index contributed by atoms with van der Waals surface area (Å²) in [6.07, 6.45) is 6.99. The molecule has 0 bridgehead atoms. The number of hydrogen-bond donors (Lipinski definition) is 0. The molecule has 1 unspecified atom stereocenters. The zero-order chi connectivity index (χ0) is 9.43. The van der Waals surface area contributed by atoms with Crippen molar-refractivity contribution in [1.82, 2.24) is 20.2 Å². The van der Waals surface area contributed by atoms with Gasteiger partial charge in [-0.25, -0.2) is 0 Å². The van der Waals surface area contributed by atoms with E-state index in [1.807, 2.05) is 0 Å². The summed E-state index contributed by atoms with van der Waals surface area (Å²) in [7, 11) is 0. The summed E-state index contributed by atoms with van der Waals surface area (Å²) in [4.78, 5) is 1.61. The molecular formula is C9H14N4O. The second-order valence-electron chi connectivity index (χ2n) is 4.48. The van der Waals surface area contributed by atoms with E-state index in [0.29, 0.717) is 11.5 Å². The molecule has 1 saturated heterocycles. The summed E-state index contributed by atoms with van der Waals surface area (Å²) in [5.41, 5.74) is 0.519. The van der Waals surface area contributed by atoms with Gasteiger partial charge in [-0.2, -0.15) is 4.80 Å². The molecule has 2 aliphatic rings. The molecule has 5 nitrogen and oxygen atoms in total. The Morgan fingerprint density at radius 1 is 1.50 bits per heavy atom. The highest BCUT2D eigenvalue weighted by molar-refractivity contribution is 4.93. The lowest BCUT2D eigenvalue weighted by molar-refractivity contribution is 0.0598. The van der Waals surface area contributed by atoms with Gasteiger partial charge in [-0.15, -0.1) is 10.2 Å². The Balaban J connectivity index is 1.60. The lowest BCUT2D eigenvalue weighted by atomic mass is 9.68. The van der Waals surface area contributed by atoms with Gasteiger partial charge in [-0.1, -0.05) is 6.42 Å². The molecule has 1 aromatic heterocycles. The second kappa shape index (κ2) is 3.02. The first-order valence-electron chi connectivity index (χ1n) is 5.19. The monoisotopic (exact) mass is 194 g/mol. The van der Waals surface area contributed by atoms with Crippen molar-refractivity contribution in [2.75, 3.05) is 6.61 Å². The highest BCUT2D eigenvalue weighted by Gasteiger charge is 2.44. The van der Waals surface area contributed by atoms with Crippen LogP contribution in [0.25, 0.3) is 0 Å². The fourth-order valence-electron chi connectivity index (χ4n) is 2.49. The molecule has 0 radical (unpaired) electrons. The Morgan fingerprint density at radius 2 is 2.43 bits per heavy atom. The van der Waals surface area contributed by atoms with E-state index in [9.17, 15) is 0 Å². The standard InChI is InChI=1S/C9H14N4O/c1-2-9(3-1)4-8(14-6-9)5-13-11-7-10-12-13/h7-8H,1-6H2. The maximum Gasteiger partial charge on any atom is 0.162 e. The minimum atomic E-state index is 0.296. The van der Waals surface area contributed by atoms with E-state index in [-0.39, 0.29) is 0 Å². The third kappa shape index (κ3) is 1.32. The minimum absolute atomic E-state index is 0.296. The summed E-state index contributed by atoms with van der Waals surface area (Å²) in [6, 6.07) is 0. The van der Waals surface area contributed by atoms with Crippen LogP contribution in [0.5, 0.6) is 0 Å². The van der Waals surface area contributed by atoms with Crippen LogP contribution in [0.1, 0.15) is 25.7 Å². The predicted molar refractivity (Wildman–Crippen MR) is 48.5 cm³/mol. The van der Waals surface area contributed by atoms with Gasteiger partial charge in [0.05, 0.1) is 19.3 Å². The fourth-order valence-corrected chi connectivity index (χ4v) is 2.49. The maximum absolute atomic E-state index is 5.76. The third-order valence-electron chi connectivity index (χ3n) is 3.46. The molecule has 5 heteroatoms. The van der Waals surface area contributed by atoms with E-state index < -0.39 is 0 Å². The average molecular weight is 194 g/mol. The van der Waals surface area contributed by atoms with Crippen LogP contribution in [0.15, 0.2) is 6.33 Å². The lowest BCUT2D eigenvalue weighted by Gasteiger charge is -2.36. The molecule has 76 valence electrons. The SMILES string of the molecule is c1nnn(CC2CC3(CCC3)CO2)n1. The van der Waals surface area contributed by atoms with E-state index in [1.54, 1.807) is 4.80 Å². The van der Waals surface area contributed by atoms with Crippen molar-refractivity contribution < 1.29 is 4.74 Å². The molecular weight excluding hydrogens is 180 g/mol. The summed E-state index contributed by atoms with van der Waals surface area (Å²) in [5, 5.41) is 11.5. The van der Waals surface area contributed by atoms with Gasteiger partial charge in [0.2, 0.25) is 0 Å². The molecule has 0 aromatic carbocycles. The second-order valence-corrected chi connectivity index (χ2v) is 4.48. The summed E-state index contributed by atoms with van der Waals surface area (Å²) in [6.45, 7) is 1.69. The van der Waals surface area contributed by atoms with E-state index >= 15 is 0 Å². The molecule has 2 heterocycles. The van der Waals surface area contributed by atoms with Crippen molar-refractivity contribution in [2.24, 2.45) is 5.41 Å². The van der Waals surface area contributed by atoms with Crippen LogP contribution in [0, 0.1) is 5.41 Å². The Morgan fingerprint density at radius 3 is 3.00 bits per heavy atom. The van der Waals surface area contributed by atoms with E-state index in [1.165, 1.54) is 32.0 Å². The molecule has 0 amide bonds. The predicted octanol–water partition coefficient (Wildman–Crippen LogP) is 0.632. The first-order chi connectivity index (χ1) is 6.86. The van der Waals surface area contributed by atoms with Gasteiger partial charge >= 0.3 is 0 Å². The van der Waals surface area contributed by atoms with Crippen molar-refractivity contribution in [2.45, 2.75) is 38.3 Å². The topological polar surface area (TPSA) is 52.8 Å². The molecule has 1 atom stereocenters. The van der Waals surface area contributed by atoms with Crippen LogP contribution in [0.3, 0.4) is 0 Å². The lowest BCUT2D eigenvalue weighted by Crippen LogP contribution is -2.30. The molecule has 1 saturated carbocycles. The van der Waals surface area contributed by atoms with Crippen LogP contribution >= 0.6 is 0 Å². The Hall–Kier alpha value is -0.970. The van der Waals surface area contributed by atoms with Crippen molar-refractivity contribution in [3.63, 3.8) is 0 Å². The average Bonchev–Trinajstić information content (AvgIpc) is 2.72. The number of ether oxygens (including phenoxy) is 1. The van der Waals surface area contributed by atoms with Gasteiger partial charge in [0.15, 0.2) is 6.33 Å². The number of tetrazole rings is 1. The van der Waals surface area contributed by atoms with Crippen molar-refractivity contribution in [3.8, 4) is 0 Å². The zero-order valence-electron chi connectivity index (χ0n) is 8.09. The molecule has 1 spiro atoms. The minimum Gasteiger partial charge on any atom is -0.376 e. The van der Waals surface area contributed by atoms with Gasteiger partial charge in [0, 0.05) is 0 Å². The van der Waals surface area contributed by atoms with E-state index in [4.69, 9.17) is 4.74 Å². The van der Waals surface area contributed by atoms with Crippen molar-refractivity contribution >= 4 is 0 Å². The van der Waals surface area contributed by atoms with Crippen LogP contribution in [-0.2, 0) is 11.3 Å². The fraction of sp³-hybridized carbons (Fsp3) is 0.889. The van der Waals surface area contributed by atoms with Gasteiger partial charge in [-0.05, 0) is 29.9 Å². The van der Waals surface area contributed by atoms with Gasteiger partial charge < -0.3 is 4.74 Å². The van der Waals surface area contributed by atoms with Gasteiger partial charge in [0.1, 0.15) is 0 Å². The molecule has 1 aliphatic carbocycles. The van der Waals surface area contributed by atoms with Crippen molar-refractivity contribution in [3.05, 3.63) is 6.33 Å². The number of nitrogens with zero attached hydrogens (tertiary/aromatic N) is 4. The van der Waals surface area contributed by atoms with Gasteiger partial charge in [-0.3, -0.25) is 0 Å². The molecule has 1 aliphatic heterocycles. The maximum atomic E-state index is 5.76. The Labute approximate surface area is 82.4 Å². The van der Waals surface area contributed by atoms with Gasteiger partial charge in [0.25, 0.3) is 0 Å². The summed E-state index contributed by atoms with van der Waals surface area (Å²) < 4.78 is 5.76. The molecule has 2 fully saturated rings. The zero-order valence-corrected chi connectivity index (χ0v) is 8.09. The van der Waals surface area contributed by atoms with Crippen LogP contribution in [0.2, 0.25) is 0 Å². The van der Waals surface area contributed by atoms with E-state index in [2.05, 4.69) is 15.4 Å². The molecule has 3 rings (SSSR count).